The highest BCUT2D eigenvalue weighted by atomic mass is 35.5. The molecule has 0 aliphatic rings. The molecule has 0 N–H and O–H groups in total. The summed E-state index contributed by atoms with van der Waals surface area (Å²) in [5.41, 5.74) is 1.34. The second-order valence-electron chi connectivity index (χ2n) is 3.44. The van der Waals surface area contributed by atoms with Crippen molar-refractivity contribution in [2.45, 2.75) is 18.7 Å². The molecule has 0 aliphatic carbocycles. The van der Waals surface area contributed by atoms with Crippen molar-refractivity contribution < 1.29 is 4.39 Å². The van der Waals surface area contributed by atoms with Crippen molar-refractivity contribution in [2.24, 2.45) is 0 Å². The van der Waals surface area contributed by atoms with E-state index in [-0.39, 0.29) is 11.2 Å². The summed E-state index contributed by atoms with van der Waals surface area (Å²) in [6.07, 6.45) is 2.50. The number of benzene rings is 1. The van der Waals surface area contributed by atoms with E-state index >= 15 is 0 Å². The monoisotopic (exact) mass is 239 g/mol. The molecule has 1 heterocycles. The van der Waals surface area contributed by atoms with E-state index in [1.54, 1.807) is 18.3 Å². The van der Waals surface area contributed by atoms with E-state index in [0.717, 1.165) is 6.42 Å². The van der Waals surface area contributed by atoms with E-state index in [0.29, 0.717) is 11.4 Å². The van der Waals surface area contributed by atoms with Crippen LogP contribution in [0.25, 0.3) is 5.69 Å². The Morgan fingerprint density at radius 1 is 1.50 bits per heavy atom. The van der Waals surface area contributed by atoms with E-state index in [1.807, 2.05) is 6.92 Å². The largest absolute Gasteiger partial charge is 0.220 e. The van der Waals surface area contributed by atoms with Gasteiger partial charge in [0.15, 0.2) is 0 Å². The normalized spacial score (nSPS) is 12.7. The van der Waals surface area contributed by atoms with Gasteiger partial charge < -0.3 is 0 Å². The Bertz CT molecular complexity index is 484. The average molecular weight is 240 g/mol. The Hall–Kier alpha value is -1.42. The molecular weight excluding hydrogens is 229 g/mol. The summed E-state index contributed by atoms with van der Waals surface area (Å²) in [7, 11) is 0. The van der Waals surface area contributed by atoms with Crippen LogP contribution in [-0.4, -0.2) is 15.0 Å². The van der Waals surface area contributed by atoms with Gasteiger partial charge in [0, 0.05) is 0 Å². The molecule has 3 nitrogen and oxygen atoms in total. The highest BCUT2D eigenvalue weighted by Gasteiger charge is 2.10. The molecule has 16 heavy (non-hydrogen) atoms. The molecule has 0 spiro atoms. The summed E-state index contributed by atoms with van der Waals surface area (Å²) in [6, 6.07) is 6.17. The summed E-state index contributed by atoms with van der Waals surface area (Å²) in [5, 5.41) is 7.71. The van der Waals surface area contributed by atoms with Crippen LogP contribution in [0, 0.1) is 5.82 Å². The molecule has 0 saturated heterocycles. The molecule has 5 heteroatoms. The van der Waals surface area contributed by atoms with Gasteiger partial charge in [0.1, 0.15) is 11.5 Å². The van der Waals surface area contributed by atoms with Gasteiger partial charge in [-0.2, -0.15) is 0 Å². The maximum absolute atomic E-state index is 13.0. The van der Waals surface area contributed by atoms with Gasteiger partial charge in [0.2, 0.25) is 0 Å². The molecule has 0 bridgehead atoms. The maximum Gasteiger partial charge on any atom is 0.125 e. The Labute approximate surface area is 97.8 Å². The van der Waals surface area contributed by atoms with Crippen molar-refractivity contribution in [3.05, 3.63) is 42.0 Å². The first-order valence-corrected chi connectivity index (χ1v) is 5.46. The number of halogens is 2. The first kappa shape index (κ1) is 11.1. The zero-order valence-corrected chi connectivity index (χ0v) is 9.52. The van der Waals surface area contributed by atoms with Crippen LogP contribution in [0.4, 0.5) is 4.39 Å². The Morgan fingerprint density at radius 2 is 2.31 bits per heavy atom. The summed E-state index contributed by atoms with van der Waals surface area (Å²) in [4.78, 5) is 0. The molecule has 1 aromatic heterocycles. The van der Waals surface area contributed by atoms with E-state index in [1.165, 1.54) is 16.8 Å². The third-order valence-electron chi connectivity index (χ3n) is 2.26. The number of hydrogen-bond donors (Lipinski definition) is 0. The summed E-state index contributed by atoms with van der Waals surface area (Å²) >= 11 is 6.03. The number of aromatic nitrogens is 3. The minimum absolute atomic E-state index is 0.151. The third kappa shape index (κ3) is 2.22. The Kier molecular flexibility index (Phi) is 3.19. The van der Waals surface area contributed by atoms with Crippen LogP contribution >= 0.6 is 11.6 Å². The maximum atomic E-state index is 13.0. The minimum atomic E-state index is -0.299. The smallest absolute Gasteiger partial charge is 0.125 e. The molecule has 84 valence electrons. The SMILES string of the molecule is CCC(Cl)c1cn(-c2cccc(F)c2)nn1. The van der Waals surface area contributed by atoms with Gasteiger partial charge in [0.05, 0.1) is 17.3 Å². The first-order valence-electron chi connectivity index (χ1n) is 5.03. The Balaban J connectivity index is 2.31. The van der Waals surface area contributed by atoms with E-state index < -0.39 is 0 Å². The van der Waals surface area contributed by atoms with Gasteiger partial charge in [-0.1, -0.05) is 18.2 Å². The standard InChI is InChI=1S/C11H11ClFN3/c1-2-10(12)11-7-16(15-14-11)9-5-3-4-8(13)6-9/h3-7,10H,2H2,1H3. The molecule has 1 unspecified atom stereocenters. The van der Waals surface area contributed by atoms with Gasteiger partial charge in [-0.05, 0) is 24.6 Å². The summed E-state index contributed by atoms with van der Waals surface area (Å²) in [5.74, 6) is -0.299. The molecule has 1 aromatic carbocycles. The first-order chi connectivity index (χ1) is 7.70. The highest BCUT2D eigenvalue weighted by molar-refractivity contribution is 6.20. The quantitative estimate of drug-likeness (QED) is 0.771. The van der Waals surface area contributed by atoms with Crippen molar-refractivity contribution in [3.8, 4) is 5.69 Å². The van der Waals surface area contributed by atoms with Crippen LogP contribution in [0.5, 0.6) is 0 Å². The van der Waals surface area contributed by atoms with Crippen molar-refractivity contribution in [1.82, 2.24) is 15.0 Å². The van der Waals surface area contributed by atoms with Gasteiger partial charge in [-0.15, -0.1) is 16.7 Å². The molecule has 0 fully saturated rings. The van der Waals surface area contributed by atoms with Crippen LogP contribution in [0.3, 0.4) is 0 Å². The molecule has 2 aromatic rings. The molecular formula is C11H11ClFN3. The highest BCUT2D eigenvalue weighted by Crippen LogP contribution is 2.21. The van der Waals surface area contributed by atoms with Gasteiger partial charge in [-0.3, -0.25) is 0 Å². The zero-order chi connectivity index (χ0) is 11.5. The second-order valence-corrected chi connectivity index (χ2v) is 3.97. The number of alkyl halides is 1. The lowest BCUT2D eigenvalue weighted by Crippen LogP contribution is -1.94. The van der Waals surface area contributed by atoms with E-state index in [4.69, 9.17) is 11.6 Å². The molecule has 0 radical (unpaired) electrons. The Morgan fingerprint density at radius 3 is 3.00 bits per heavy atom. The lowest BCUT2D eigenvalue weighted by Gasteiger charge is -2.00. The molecule has 0 aliphatic heterocycles. The van der Waals surface area contributed by atoms with Crippen LogP contribution in [-0.2, 0) is 0 Å². The predicted molar refractivity (Wildman–Crippen MR) is 60.2 cm³/mol. The number of hydrogen-bond acceptors (Lipinski definition) is 2. The molecule has 0 amide bonds. The molecule has 2 rings (SSSR count). The molecule has 0 saturated carbocycles. The summed E-state index contributed by atoms with van der Waals surface area (Å²) in [6.45, 7) is 1.97. The fourth-order valence-corrected chi connectivity index (χ4v) is 1.47. The lowest BCUT2D eigenvalue weighted by atomic mass is 10.2. The van der Waals surface area contributed by atoms with Crippen molar-refractivity contribution in [3.63, 3.8) is 0 Å². The van der Waals surface area contributed by atoms with Crippen LogP contribution in [0.2, 0.25) is 0 Å². The predicted octanol–water partition coefficient (Wildman–Crippen LogP) is 3.10. The average Bonchev–Trinajstić information content (AvgIpc) is 2.77. The minimum Gasteiger partial charge on any atom is -0.220 e. The van der Waals surface area contributed by atoms with Crippen LogP contribution in [0.1, 0.15) is 24.4 Å². The molecule has 1 atom stereocenters. The van der Waals surface area contributed by atoms with Crippen molar-refractivity contribution in [2.75, 3.05) is 0 Å². The van der Waals surface area contributed by atoms with Crippen LogP contribution in [0.15, 0.2) is 30.5 Å². The zero-order valence-electron chi connectivity index (χ0n) is 8.77. The third-order valence-corrected chi connectivity index (χ3v) is 2.80. The van der Waals surface area contributed by atoms with Crippen LogP contribution < -0.4 is 0 Å². The van der Waals surface area contributed by atoms with E-state index in [9.17, 15) is 4.39 Å². The van der Waals surface area contributed by atoms with Gasteiger partial charge in [-0.25, -0.2) is 9.07 Å². The number of nitrogens with zero attached hydrogens (tertiary/aromatic N) is 3. The lowest BCUT2D eigenvalue weighted by molar-refractivity contribution is 0.625. The fraction of sp³-hybridized carbons (Fsp3) is 0.273. The number of rotatable bonds is 3. The van der Waals surface area contributed by atoms with E-state index in [2.05, 4.69) is 10.3 Å². The van der Waals surface area contributed by atoms with Gasteiger partial charge >= 0.3 is 0 Å². The van der Waals surface area contributed by atoms with Gasteiger partial charge in [0.25, 0.3) is 0 Å². The van der Waals surface area contributed by atoms with Crippen molar-refractivity contribution in [1.29, 1.82) is 0 Å². The topological polar surface area (TPSA) is 30.7 Å². The fourth-order valence-electron chi connectivity index (χ4n) is 1.37. The second kappa shape index (κ2) is 4.61. The summed E-state index contributed by atoms with van der Waals surface area (Å²) < 4.78 is 14.5. The van der Waals surface area contributed by atoms with Crippen molar-refractivity contribution >= 4 is 11.6 Å².